The van der Waals surface area contributed by atoms with Crippen LogP contribution in [-0.2, 0) is 16.1 Å². The number of aryl methyl sites for hydroxylation is 1. The third-order valence-electron chi connectivity index (χ3n) is 3.11. The predicted molar refractivity (Wildman–Crippen MR) is 75.2 cm³/mol. The summed E-state index contributed by atoms with van der Waals surface area (Å²) >= 11 is 0. The van der Waals surface area contributed by atoms with Crippen molar-refractivity contribution in [1.29, 1.82) is 0 Å². The number of aromatic nitrogens is 3. The first-order valence-electron chi connectivity index (χ1n) is 6.63. The Morgan fingerprint density at radius 1 is 1.43 bits per heavy atom. The van der Waals surface area contributed by atoms with Crippen molar-refractivity contribution in [2.24, 2.45) is 0 Å². The Morgan fingerprint density at radius 2 is 2.19 bits per heavy atom. The van der Waals surface area contributed by atoms with Gasteiger partial charge in [0.25, 0.3) is 5.56 Å². The van der Waals surface area contributed by atoms with E-state index in [0.717, 1.165) is 10.2 Å². The lowest BCUT2D eigenvalue weighted by Gasteiger charge is -2.10. The highest BCUT2D eigenvalue weighted by Crippen LogP contribution is 2.19. The summed E-state index contributed by atoms with van der Waals surface area (Å²) in [5, 5.41) is 4.17. The third kappa shape index (κ3) is 2.20. The number of fused-ring (bicyclic) bond motifs is 3. The van der Waals surface area contributed by atoms with Crippen LogP contribution in [0.4, 0.5) is 0 Å². The highest BCUT2D eigenvalue weighted by Gasteiger charge is 2.16. The Balaban J connectivity index is 2.11. The smallest absolute Gasteiger partial charge is 0.328 e. The monoisotopic (exact) mass is 289 g/mol. The number of nitrogens with zero attached hydrogens (tertiary/aromatic N) is 3. The first-order valence-corrected chi connectivity index (χ1v) is 6.63. The van der Waals surface area contributed by atoms with E-state index in [4.69, 9.17) is 9.15 Å². The lowest BCUT2D eigenvalue weighted by molar-refractivity contribution is -0.148. The van der Waals surface area contributed by atoms with Gasteiger partial charge in [0.15, 0.2) is 5.58 Å². The molecule has 0 amide bonds. The number of carbonyl (C=O) groups is 1. The van der Waals surface area contributed by atoms with E-state index in [-0.39, 0.29) is 18.2 Å². The van der Waals surface area contributed by atoms with Crippen molar-refractivity contribution < 1.29 is 13.9 Å². The van der Waals surface area contributed by atoms with Gasteiger partial charge in [-0.3, -0.25) is 14.0 Å². The molecular formula is C14H15N3O4. The molecule has 3 aromatic heterocycles. The molecule has 0 saturated heterocycles. The van der Waals surface area contributed by atoms with Crippen molar-refractivity contribution >= 4 is 22.6 Å². The minimum absolute atomic E-state index is 0.207. The third-order valence-corrected chi connectivity index (χ3v) is 3.11. The Hall–Kier alpha value is -2.57. The topological polar surface area (TPSA) is 78.7 Å². The van der Waals surface area contributed by atoms with Crippen LogP contribution < -0.4 is 5.56 Å². The Kier molecular flexibility index (Phi) is 3.04. The quantitative estimate of drug-likeness (QED) is 0.683. The zero-order chi connectivity index (χ0) is 15.1. The minimum atomic E-state index is -0.487. The molecule has 3 aromatic rings. The molecule has 0 unspecified atom stereocenters. The second-order valence-electron chi connectivity index (χ2n) is 5.08. The first kappa shape index (κ1) is 13.4. The zero-order valence-corrected chi connectivity index (χ0v) is 12.0. The normalized spacial score (nSPS) is 11.6. The van der Waals surface area contributed by atoms with Crippen molar-refractivity contribution in [2.75, 3.05) is 0 Å². The van der Waals surface area contributed by atoms with E-state index in [2.05, 4.69) is 5.10 Å². The zero-order valence-electron chi connectivity index (χ0n) is 12.0. The first-order chi connectivity index (χ1) is 9.97. The SMILES string of the molecule is Cc1nn(CC(=O)OC(C)C)c(=O)c2cc3occc3n12. The molecule has 21 heavy (non-hydrogen) atoms. The highest BCUT2D eigenvalue weighted by molar-refractivity contribution is 5.82. The number of carbonyl (C=O) groups excluding carboxylic acids is 1. The Labute approximate surface area is 119 Å². The van der Waals surface area contributed by atoms with Crippen LogP contribution in [-0.4, -0.2) is 26.3 Å². The molecule has 0 radical (unpaired) electrons. The van der Waals surface area contributed by atoms with Crippen molar-refractivity contribution in [3.05, 3.63) is 34.6 Å². The number of esters is 1. The largest absolute Gasteiger partial charge is 0.463 e. The number of hydrogen-bond donors (Lipinski definition) is 0. The lowest BCUT2D eigenvalue weighted by Crippen LogP contribution is -2.30. The van der Waals surface area contributed by atoms with Crippen LogP contribution >= 0.6 is 0 Å². The maximum Gasteiger partial charge on any atom is 0.328 e. The van der Waals surface area contributed by atoms with E-state index in [9.17, 15) is 9.59 Å². The van der Waals surface area contributed by atoms with Crippen molar-refractivity contribution in [2.45, 2.75) is 33.4 Å². The van der Waals surface area contributed by atoms with E-state index >= 15 is 0 Å². The van der Waals surface area contributed by atoms with Crippen LogP contribution in [0.15, 0.2) is 27.6 Å². The maximum atomic E-state index is 12.4. The summed E-state index contributed by atoms with van der Waals surface area (Å²) in [6.07, 6.45) is 1.33. The summed E-state index contributed by atoms with van der Waals surface area (Å²) in [6, 6.07) is 3.42. The highest BCUT2D eigenvalue weighted by atomic mass is 16.5. The summed E-state index contributed by atoms with van der Waals surface area (Å²) < 4.78 is 13.2. The van der Waals surface area contributed by atoms with Crippen LogP contribution in [0.25, 0.3) is 16.6 Å². The van der Waals surface area contributed by atoms with Crippen LogP contribution in [0.1, 0.15) is 19.7 Å². The summed E-state index contributed by atoms with van der Waals surface area (Å²) in [7, 11) is 0. The molecular weight excluding hydrogens is 274 g/mol. The van der Waals surface area contributed by atoms with E-state index in [1.54, 1.807) is 43.6 Å². The fourth-order valence-electron chi connectivity index (χ4n) is 2.36. The van der Waals surface area contributed by atoms with Crippen molar-refractivity contribution in [1.82, 2.24) is 14.2 Å². The molecule has 0 aliphatic rings. The number of ether oxygens (including phenoxy) is 1. The molecule has 3 heterocycles. The number of rotatable bonds is 3. The summed E-state index contributed by atoms with van der Waals surface area (Å²) in [5.41, 5.74) is 1.46. The van der Waals surface area contributed by atoms with Gasteiger partial charge in [-0.05, 0) is 20.8 Å². The van der Waals surface area contributed by atoms with Gasteiger partial charge in [-0.15, -0.1) is 0 Å². The molecule has 0 atom stereocenters. The van der Waals surface area contributed by atoms with Gasteiger partial charge < -0.3 is 9.15 Å². The van der Waals surface area contributed by atoms with Gasteiger partial charge in [0, 0.05) is 12.1 Å². The van der Waals surface area contributed by atoms with Crippen LogP contribution in [0.2, 0.25) is 0 Å². The summed E-state index contributed by atoms with van der Waals surface area (Å²) in [5.74, 6) is 0.108. The minimum Gasteiger partial charge on any atom is -0.463 e. The van der Waals surface area contributed by atoms with Gasteiger partial charge >= 0.3 is 5.97 Å². The van der Waals surface area contributed by atoms with E-state index < -0.39 is 5.97 Å². The predicted octanol–water partition coefficient (Wildman–Crippen LogP) is 1.50. The van der Waals surface area contributed by atoms with Crippen molar-refractivity contribution in [3.63, 3.8) is 0 Å². The van der Waals surface area contributed by atoms with Gasteiger partial charge in [0.2, 0.25) is 0 Å². The van der Waals surface area contributed by atoms with Crippen molar-refractivity contribution in [3.8, 4) is 0 Å². The average Bonchev–Trinajstić information content (AvgIpc) is 2.94. The number of hydrogen-bond acceptors (Lipinski definition) is 5. The molecule has 0 bridgehead atoms. The average molecular weight is 289 g/mol. The van der Waals surface area contributed by atoms with Gasteiger partial charge in [-0.1, -0.05) is 0 Å². The molecule has 0 N–H and O–H groups in total. The maximum absolute atomic E-state index is 12.4. The molecule has 0 fully saturated rings. The standard InChI is InChI=1S/C14H15N3O4/c1-8(2)21-13(18)7-16-14(19)11-6-12-10(4-5-20-12)17(11)9(3)15-16/h4-6,8H,7H2,1-3H3. The van der Waals surface area contributed by atoms with Crippen LogP contribution in [0.3, 0.4) is 0 Å². The van der Waals surface area contributed by atoms with E-state index in [1.165, 1.54) is 0 Å². The van der Waals surface area contributed by atoms with Gasteiger partial charge in [0.1, 0.15) is 17.9 Å². The molecule has 0 saturated carbocycles. The van der Waals surface area contributed by atoms with E-state index in [0.29, 0.717) is 16.9 Å². The second kappa shape index (κ2) is 4.76. The lowest BCUT2D eigenvalue weighted by atomic mass is 10.4. The van der Waals surface area contributed by atoms with Crippen LogP contribution in [0.5, 0.6) is 0 Å². The van der Waals surface area contributed by atoms with Gasteiger partial charge in [-0.25, -0.2) is 4.68 Å². The molecule has 7 nitrogen and oxygen atoms in total. The molecule has 110 valence electrons. The molecule has 3 rings (SSSR count). The van der Waals surface area contributed by atoms with Gasteiger partial charge in [-0.2, -0.15) is 5.10 Å². The molecule has 0 aliphatic heterocycles. The fraction of sp³-hybridized carbons (Fsp3) is 0.357. The Morgan fingerprint density at radius 3 is 2.90 bits per heavy atom. The molecule has 0 spiro atoms. The number of furan rings is 1. The fourth-order valence-corrected chi connectivity index (χ4v) is 2.36. The Bertz CT molecular complexity index is 885. The molecule has 0 aromatic carbocycles. The summed E-state index contributed by atoms with van der Waals surface area (Å²) in [6.45, 7) is 5.07. The summed E-state index contributed by atoms with van der Waals surface area (Å²) in [4.78, 5) is 24.1. The second-order valence-corrected chi connectivity index (χ2v) is 5.08. The molecule has 7 heteroatoms. The van der Waals surface area contributed by atoms with Gasteiger partial charge in [0.05, 0.1) is 17.9 Å². The van der Waals surface area contributed by atoms with Crippen LogP contribution in [0, 0.1) is 6.92 Å². The molecule has 0 aliphatic carbocycles. The van der Waals surface area contributed by atoms with E-state index in [1.807, 2.05) is 0 Å².